The van der Waals surface area contributed by atoms with Crippen molar-refractivity contribution in [3.05, 3.63) is 52.9 Å². The Hall–Kier alpha value is -2.73. The molecule has 6 nitrogen and oxygen atoms in total. The average Bonchev–Trinajstić information content (AvgIpc) is 2.86. The predicted octanol–water partition coefficient (Wildman–Crippen LogP) is 3.55. The van der Waals surface area contributed by atoms with E-state index in [4.69, 9.17) is 16.0 Å². The van der Waals surface area contributed by atoms with Crippen LogP contribution in [0.5, 0.6) is 5.95 Å². The van der Waals surface area contributed by atoms with Crippen LogP contribution in [0.1, 0.15) is 11.4 Å². The second-order valence-electron chi connectivity index (χ2n) is 4.47. The lowest BCUT2D eigenvalue weighted by atomic mass is 10.2. The van der Waals surface area contributed by atoms with Crippen molar-refractivity contribution >= 4 is 23.8 Å². The van der Waals surface area contributed by atoms with Crippen LogP contribution < -0.4 is 0 Å². The second-order valence-corrected chi connectivity index (χ2v) is 4.85. The van der Waals surface area contributed by atoms with E-state index in [1.54, 1.807) is 13.0 Å². The molecule has 0 aliphatic rings. The molecule has 2 heterocycles. The highest BCUT2D eigenvalue weighted by molar-refractivity contribution is 6.29. The van der Waals surface area contributed by atoms with Crippen LogP contribution in [0.2, 0.25) is 5.15 Å². The number of halogens is 1. The summed E-state index contributed by atoms with van der Waals surface area (Å²) in [5, 5.41) is 10.1. The zero-order valence-electron chi connectivity index (χ0n) is 11.6. The molecule has 0 amide bonds. The number of rotatable bonds is 3. The number of aromatic hydroxyl groups is 1. The lowest BCUT2D eigenvalue weighted by Gasteiger charge is -1.95. The normalized spacial score (nSPS) is 11.2. The number of aliphatic imine (C=N–C) groups is 1. The molecule has 0 fully saturated rings. The molecule has 0 unspecified atom stereocenters. The number of aryl methyl sites for hydroxylation is 1. The van der Waals surface area contributed by atoms with Gasteiger partial charge < -0.3 is 9.52 Å². The summed E-state index contributed by atoms with van der Waals surface area (Å²) >= 11 is 5.84. The van der Waals surface area contributed by atoms with E-state index in [-0.39, 0.29) is 17.6 Å². The molecule has 1 aromatic carbocycles. The molecule has 0 radical (unpaired) electrons. The molecule has 3 rings (SSSR count). The van der Waals surface area contributed by atoms with Crippen molar-refractivity contribution in [1.29, 1.82) is 0 Å². The van der Waals surface area contributed by atoms with Crippen LogP contribution in [0, 0.1) is 6.92 Å². The standard InChI is InChI=1S/C15H11ClN4O2/c1-9-7-12(16)20-15(18-9)17-8-11-14(21)22-13(19-11)10-5-3-2-4-6-10/h2-8,21H,1H3/b17-8+. The largest absolute Gasteiger partial charge is 0.479 e. The van der Waals surface area contributed by atoms with Gasteiger partial charge in [0.05, 0.1) is 6.21 Å². The lowest BCUT2D eigenvalue weighted by molar-refractivity contribution is 0.337. The first kappa shape index (κ1) is 14.2. The lowest BCUT2D eigenvalue weighted by Crippen LogP contribution is -1.88. The Bertz CT molecular complexity index is 811. The summed E-state index contributed by atoms with van der Waals surface area (Å²) in [5.74, 6) is 0.178. The Labute approximate surface area is 131 Å². The van der Waals surface area contributed by atoms with Crippen LogP contribution in [-0.2, 0) is 0 Å². The summed E-state index contributed by atoms with van der Waals surface area (Å²) in [7, 11) is 0. The molecule has 1 N–H and O–H groups in total. The number of hydrogen-bond acceptors (Lipinski definition) is 6. The van der Waals surface area contributed by atoms with E-state index >= 15 is 0 Å². The van der Waals surface area contributed by atoms with Gasteiger partial charge in [-0.3, -0.25) is 0 Å². The molecule has 110 valence electrons. The van der Waals surface area contributed by atoms with Gasteiger partial charge in [-0.1, -0.05) is 29.8 Å². The van der Waals surface area contributed by atoms with Crippen molar-refractivity contribution in [2.45, 2.75) is 6.92 Å². The fourth-order valence-electron chi connectivity index (χ4n) is 1.80. The van der Waals surface area contributed by atoms with Gasteiger partial charge in [-0.25, -0.2) is 15.0 Å². The molecule has 0 atom stereocenters. The molecule has 0 saturated carbocycles. The Morgan fingerprint density at radius 1 is 1.18 bits per heavy atom. The number of nitrogens with zero attached hydrogens (tertiary/aromatic N) is 4. The van der Waals surface area contributed by atoms with E-state index < -0.39 is 0 Å². The summed E-state index contributed by atoms with van der Waals surface area (Å²) in [6.45, 7) is 1.79. The van der Waals surface area contributed by atoms with E-state index in [9.17, 15) is 5.11 Å². The number of benzene rings is 1. The fraction of sp³-hybridized carbons (Fsp3) is 0.0667. The van der Waals surface area contributed by atoms with Crippen LogP contribution in [0.4, 0.5) is 5.95 Å². The van der Waals surface area contributed by atoms with Crippen molar-refractivity contribution in [2.24, 2.45) is 4.99 Å². The third-order valence-electron chi connectivity index (χ3n) is 2.77. The van der Waals surface area contributed by atoms with Gasteiger partial charge in [-0.05, 0) is 25.1 Å². The minimum absolute atomic E-state index is 0.189. The molecular formula is C15H11ClN4O2. The zero-order chi connectivity index (χ0) is 15.5. The maximum Gasteiger partial charge on any atom is 0.312 e. The molecular weight excluding hydrogens is 304 g/mol. The summed E-state index contributed by atoms with van der Waals surface area (Å²) in [6, 6.07) is 10.9. The molecule has 22 heavy (non-hydrogen) atoms. The van der Waals surface area contributed by atoms with Crippen molar-refractivity contribution in [2.75, 3.05) is 0 Å². The van der Waals surface area contributed by atoms with Crippen LogP contribution in [0.15, 0.2) is 45.8 Å². The minimum atomic E-state index is -0.318. The maximum absolute atomic E-state index is 9.79. The highest BCUT2D eigenvalue weighted by Crippen LogP contribution is 2.25. The first-order valence-electron chi connectivity index (χ1n) is 6.42. The summed E-state index contributed by atoms with van der Waals surface area (Å²) in [5.41, 5.74) is 1.65. The van der Waals surface area contributed by atoms with Gasteiger partial charge in [0.1, 0.15) is 5.15 Å². The quantitative estimate of drug-likeness (QED) is 0.590. The fourth-order valence-corrected chi connectivity index (χ4v) is 2.04. The zero-order valence-corrected chi connectivity index (χ0v) is 12.3. The van der Waals surface area contributed by atoms with Crippen LogP contribution in [0.25, 0.3) is 11.5 Å². The first-order valence-corrected chi connectivity index (χ1v) is 6.80. The van der Waals surface area contributed by atoms with Crippen molar-refractivity contribution in [3.63, 3.8) is 0 Å². The molecule has 0 saturated heterocycles. The molecule has 3 aromatic rings. The second kappa shape index (κ2) is 5.95. The highest BCUT2D eigenvalue weighted by Gasteiger charge is 2.12. The Morgan fingerprint density at radius 2 is 1.95 bits per heavy atom. The van der Waals surface area contributed by atoms with Gasteiger partial charge >= 0.3 is 5.95 Å². The topological polar surface area (TPSA) is 84.4 Å². The molecule has 0 aliphatic carbocycles. The SMILES string of the molecule is Cc1cc(Cl)nc(/N=C/c2nc(-c3ccccc3)oc2O)n1. The van der Waals surface area contributed by atoms with Gasteiger partial charge in [-0.2, -0.15) is 4.98 Å². The minimum Gasteiger partial charge on any atom is -0.479 e. The molecule has 2 aromatic heterocycles. The number of aromatic nitrogens is 3. The van der Waals surface area contributed by atoms with Gasteiger partial charge in [0, 0.05) is 11.3 Å². The van der Waals surface area contributed by atoms with Crippen LogP contribution in [-0.4, -0.2) is 26.3 Å². The van der Waals surface area contributed by atoms with Gasteiger partial charge in [0.2, 0.25) is 5.89 Å². The predicted molar refractivity (Wildman–Crippen MR) is 82.6 cm³/mol. The first-order chi connectivity index (χ1) is 10.6. The van der Waals surface area contributed by atoms with Gasteiger partial charge in [0.15, 0.2) is 5.69 Å². The molecule has 7 heteroatoms. The Balaban J connectivity index is 1.90. The number of oxazole rings is 1. The van der Waals surface area contributed by atoms with Gasteiger partial charge in [0.25, 0.3) is 5.95 Å². The van der Waals surface area contributed by atoms with E-state index in [2.05, 4.69) is 19.9 Å². The van der Waals surface area contributed by atoms with Gasteiger partial charge in [-0.15, -0.1) is 0 Å². The number of hydrogen-bond donors (Lipinski definition) is 1. The Morgan fingerprint density at radius 3 is 2.68 bits per heavy atom. The molecule has 0 bridgehead atoms. The maximum atomic E-state index is 9.79. The van der Waals surface area contributed by atoms with Crippen molar-refractivity contribution in [3.8, 4) is 17.4 Å². The van der Waals surface area contributed by atoms with Crippen molar-refractivity contribution < 1.29 is 9.52 Å². The van der Waals surface area contributed by atoms with E-state index in [1.165, 1.54) is 6.21 Å². The van der Waals surface area contributed by atoms with E-state index in [0.717, 1.165) is 5.56 Å². The molecule has 0 spiro atoms. The summed E-state index contributed by atoms with van der Waals surface area (Å²) in [6.07, 6.45) is 1.33. The summed E-state index contributed by atoms with van der Waals surface area (Å²) < 4.78 is 5.22. The highest BCUT2D eigenvalue weighted by atomic mass is 35.5. The van der Waals surface area contributed by atoms with Crippen LogP contribution >= 0.6 is 11.6 Å². The third kappa shape index (κ3) is 3.12. The van der Waals surface area contributed by atoms with E-state index in [1.807, 2.05) is 30.3 Å². The monoisotopic (exact) mass is 314 g/mol. The van der Waals surface area contributed by atoms with Crippen molar-refractivity contribution in [1.82, 2.24) is 15.0 Å². The van der Waals surface area contributed by atoms with E-state index in [0.29, 0.717) is 16.7 Å². The smallest absolute Gasteiger partial charge is 0.312 e. The average molecular weight is 315 g/mol. The third-order valence-corrected chi connectivity index (χ3v) is 2.96. The summed E-state index contributed by atoms with van der Waals surface area (Å²) in [4.78, 5) is 16.3. The Kier molecular flexibility index (Phi) is 3.84. The molecule has 0 aliphatic heterocycles. The van der Waals surface area contributed by atoms with Crippen LogP contribution in [0.3, 0.4) is 0 Å².